The Kier molecular flexibility index (Phi) is 3.71. The van der Waals surface area contributed by atoms with Gasteiger partial charge in [0, 0.05) is 0 Å². The van der Waals surface area contributed by atoms with E-state index in [2.05, 4.69) is 70.0 Å². The molecule has 0 amide bonds. The molecule has 0 radical (unpaired) electrons. The molecule has 19 heavy (non-hydrogen) atoms. The Morgan fingerprint density at radius 3 is 2.42 bits per heavy atom. The molecule has 0 aromatic heterocycles. The van der Waals surface area contributed by atoms with E-state index >= 15 is 0 Å². The smallest absolute Gasteiger partial charge is 0.00309 e. The highest BCUT2D eigenvalue weighted by Gasteiger charge is 2.09. The van der Waals surface area contributed by atoms with E-state index in [4.69, 9.17) is 0 Å². The number of hydrogen-bond acceptors (Lipinski definition) is 0. The summed E-state index contributed by atoms with van der Waals surface area (Å²) in [5.74, 6) is 0. The summed E-state index contributed by atoms with van der Waals surface area (Å²) in [5, 5.41) is 5.21. The molecule has 0 saturated carbocycles. The molecule has 2 aromatic carbocycles. The summed E-state index contributed by atoms with van der Waals surface area (Å²) < 4.78 is 0. The molecule has 0 saturated heterocycles. The first-order chi connectivity index (χ1) is 9.18. The van der Waals surface area contributed by atoms with Gasteiger partial charge in [-0.1, -0.05) is 43.0 Å². The highest BCUT2D eigenvalue weighted by Crippen LogP contribution is 2.23. The van der Waals surface area contributed by atoms with Crippen molar-refractivity contribution in [3.8, 4) is 0 Å². The molecule has 0 N–H and O–H groups in total. The number of aryl methyl sites for hydroxylation is 1. The first-order valence-electron chi connectivity index (χ1n) is 6.57. The van der Waals surface area contributed by atoms with E-state index in [0.29, 0.717) is 0 Å². The molecule has 1 aliphatic carbocycles. The van der Waals surface area contributed by atoms with Crippen LogP contribution in [0.25, 0.3) is 29.0 Å². The summed E-state index contributed by atoms with van der Waals surface area (Å²) in [6.45, 7) is 14.5. The van der Waals surface area contributed by atoms with Crippen molar-refractivity contribution < 1.29 is 0 Å². The van der Waals surface area contributed by atoms with Crippen LogP contribution in [0, 0.1) is 6.92 Å². The molecular formula is C19H20. The highest BCUT2D eigenvalue weighted by atomic mass is 14.1. The van der Waals surface area contributed by atoms with Gasteiger partial charge in [-0.3, -0.25) is 0 Å². The maximum Gasteiger partial charge on any atom is -0.00309 e. The molecule has 0 nitrogen and oxygen atoms in total. The van der Waals surface area contributed by atoms with E-state index in [0.717, 1.165) is 11.6 Å². The van der Waals surface area contributed by atoms with Gasteiger partial charge in [0.1, 0.15) is 0 Å². The van der Waals surface area contributed by atoms with Gasteiger partial charge in [0.05, 0.1) is 0 Å². The molecule has 0 spiro atoms. The lowest BCUT2D eigenvalue weighted by atomic mass is 9.94. The first kappa shape index (κ1) is 13.4. The van der Waals surface area contributed by atoms with E-state index in [1.807, 2.05) is 0 Å². The van der Waals surface area contributed by atoms with Crippen LogP contribution >= 0.6 is 0 Å². The fourth-order valence-electron chi connectivity index (χ4n) is 2.75. The van der Waals surface area contributed by atoms with E-state index in [9.17, 15) is 0 Å². The molecule has 0 atom stereocenters. The van der Waals surface area contributed by atoms with Crippen LogP contribution in [0.3, 0.4) is 0 Å². The van der Waals surface area contributed by atoms with E-state index < -0.39 is 0 Å². The van der Waals surface area contributed by atoms with Crippen LogP contribution < -0.4 is 10.4 Å². The zero-order valence-corrected chi connectivity index (χ0v) is 11.8. The summed E-state index contributed by atoms with van der Waals surface area (Å²) in [6, 6.07) is 8.78. The van der Waals surface area contributed by atoms with Gasteiger partial charge in [0.15, 0.2) is 0 Å². The van der Waals surface area contributed by atoms with Crippen molar-refractivity contribution in [3.05, 3.63) is 65.1 Å². The normalized spacial score (nSPS) is 12.8. The monoisotopic (exact) mass is 248 g/mol. The highest BCUT2D eigenvalue weighted by molar-refractivity contribution is 5.97. The van der Waals surface area contributed by atoms with Crippen LogP contribution in [0.5, 0.6) is 0 Å². The molecule has 0 bridgehead atoms. The Morgan fingerprint density at radius 1 is 0.947 bits per heavy atom. The fourth-order valence-corrected chi connectivity index (χ4v) is 2.75. The Hall–Kier alpha value is -2.08. The van der Waals surface area contributed by atoms with Gasteiger partial charge in [-0.15, -0.1) is 13.2 Å². The van der Waals surface area contributed by atoms with Crippen LogP contribution in [-0.4, -0.2) is 0 Å². The molecule has 2 aromatic rings. The van der Waals surface area contributed by atoms with Crippen molar-refractivity contribution in [1.29, 1.82) is 0 Å². The Labute approximate surface area is 115 Å². The fraction of sp³-hybridized carbons (Fsp3) is 0.158. The summed E-state index contributed by atoms with van der Waals surface area (Å²) in [4.78, 5) is 0. The van der Waals surface area contributed by atoms with Gasteiger partial charge in [-0.2, -0.15) is 0 Å². The average Bonchev–Trinajstić information content (AvgIpc) is 2.59. The predicted octanol–water partition coefficient (Wildman–Crippen LogP) is 3.95. The topological polar surface area (TPSA) is 0 Å². The quantitative estimate of drug-likeness (QED) is 0.619. The second-order valence-electron chi connectivity index (χ2n) is 4.82. The molecular weight excluding hydrogens is 228 g/mol. The minimum atomic E-state index is 1.01. The van der Waals surface area contributed by atoms with Crippen molar-refractivity contribution in [3.63, 3.8) is 0 Å². The van der Waals surface area contributed by atoms with E-state index in [1.165, 1.54) is 32.7 Å². The van der Waals surface area contributed by atoms with Crippen LogP contribution in [0.1, 0.15) is 24.5 Å². The number of benzene rings is 2. The van der Waals surface area contributed by atoms with Gasteiger partial charge < -0.3 is 0 Å². The summed E-state index contributed by atoms with van der Waals surface area (Å²) in [5.41, 5.74) is 4.02. The standard InChI is InChI=1S/C17H16.C2H4/c1-11-7-9-14-6-4-5-12(2)16-13(3)8-10-15(11)17(14)16;1-2/h5-10H,3-4H2,1-2H3;1-2H2. The van der Waals surface area contributed by atoms with Gasteiger partial charge in [-0.25, -0.2) is 0 Å². The summed E-state index contributed by atoms with van der Waals surface area (Å²) in [6.07, 6.45) is 5.61. The zero-order valence-electron chi connectivity index (χ0n) is 11.8. The second-order valence-corrected chi connectivity index (χ2v) is 4.82. The third-order valence-corrected chi connectivity index (χ3v) is 3.67. The van der Waals surface area contributed by atoms with Crippen molar-refractivity contribution in [2.45, 2.75) is 20.3 Å². The SMILES string of the molecule is C=C.C=c1ccc2c(C)ccc3c2c1C(C)=CCC=3. The second kappa shape index (κ2) is 5.27. The third kappa shape index (κ3) is 2.15. The molecule has 0 fully saturated rings. The number of rotatable bonds is 0. The summed E-state index contributed by atoms with van der Waals surface area (Å²) >= 11 is 0. The van der Waals surface area contributed by atoms with Crippen molar-refractivity contribution >= 4 is 29.0 Å². The van der Waals surface area contributed by atoms with E-state index in [-0.39, 0.29) is 0 Å². The molecule has 0 unspecified atom stereocenters. The Balaban J connectivity index is 0.000000637. The molecule has 1 aliphatic rings. The maximum absolute atomic E-state index is 4.18. The molecule has 0 heteroatoms. The lowest BCUT2D eigenvalue weighted by Crippen LogP contribution is -2.12. The van der Waals surface area contributed by atoms with Gasteiger partial charge in [-0.05, 0) is 58.2 Å². The van der Waals surface area contributed by atoms with Crippen molar-refractivity contribution in [1.82, 2.24) is 0 Å². The minimum absolute atomic E-state index is 1.01. The number of hydrogen-bond donors (Lipinski definition) is 0. The minimum Gasteiger partial charge on any atom is -0.106 e. The average molecular weight is 248 g/mol. The van der Waals surface area contributed by atoms with Crippen LogP contribution in [0.2, 0.25) is 0 Å². The lowest BCUT2D eigenvalue weighted by molar-refractivity contribution is 1.47. The zero-order chi connectivity index (χ0) is 14.0. The van der Waals surface area contributed by atoms with Gasteiger partial charge in [0.25, 0.3) is 0 Å². The van der Waals surface area contributed by atoms with Crippen molar-refractivity contribution in [2.24, 2.45) is 0 Å². The molecule has 96 valence electrons. The van der Waals surface area contributed by atoms with Gasteiger partial charge in [0.2, 0.25) is 0 Å². The third-order valence-electron chi connectivity index (χ3n) is 3.67. The van der Waals surface area contributed by atoms with E-state index in [1.54, 1.807) is 0 Å². The lowest BCUT2D eigenvalue weighted by Gasteiger charge is -2.09. The number of allylic oxidation sites excluding steroid dienone is 2. The largest absolute Gasteiger partial charge is 0.106 e. The van der Waals surface area contributed by atoms with Crippen LogP contribution in [-0.2, 0) is 0 Å². The predicted molar refractivity (Wildman–Crippen MR) is 87.4 cm³/mol. The Bertz CT molecular complexity index is 761. The van der Waals surface area contributed by atoms with Gasteiger partial charge >= 0.3 is 0 Å². The molecule has 0 aliphatic heterocycles. The van der Waals surface area contributed by atoms with Crippen molar-refractivity contribution in [2.75, 3.05) is 0 Å². The van der Waals surface area contributed by atoms with Crippen LogP contribution in [0.15, 0.2) is 43.5 Å². The van der Waals surface area contributed by atoms with Crippen LogP contribution in [0.4, 0.5) is 0 Å². The summed E-state index contributed by atoms with van der Waals surface area (Å²) in [7, 11) is 0. The molecule has 0 heterocycles. The maximum atomic E-state index is 4.18. The first-order valence-corrected chi connectivity index (χ1v) is 6.57. The Morgan fingerprint density at radius 2 is 1.68 bits per heavy atom. The molecule has 3 rings (SSSR count).